The zero-order chi connectivity index (χ0) is 44.6. The van der Waals surface area contributed by atoms with Crippen LogP contribution in [0.4, 0.5) is 15.9 Å². The molecule has 5 amide bonds. The van der Waals surface area contributed by atoms with Crippen LogP contribution in [-0.4, -0.2) is 91.3 Å². The summed E-state index contributed by atoms with van der Waals surface area (Å²) in [6, 6.07) is 8.66. The highest BCUT2D eigenvalue weighted by Crippen LogP contribution is 2.38. The Hall–Kier alpha value is -5.19. The zero-order valence-corrected chi connectivity index (χ0v) is 37.4. The first-order valence-electron chi connectivity index (χ1n) is 21.4. The molecule has 2 atom stereocenters. The molecule has 0 bridgehead atoms. The molecule has 0 spiro atoms. The third-order valence-electron chi connectivity index (χ3n) is 11.7. The van der Waals surface area contributed by atoms with E-state index < -0.39 is 41.6 Å². The number of hydrogen-bond acceptors (Lipinski definition) is 11. The summed E-state index contributed by atoms with van der Waals surface area (Å²) in [5.74, 6) is 0.155. The summed E-state index contributed by atoms with van der Waals surface area (Å²) < 4.78 is 22.2. The smallest absolute Gasteiger partial charge is 0.264 e. The number of thioether (sulfide) groups is 1. The maximum Gasteiger partial charge on any atom is 0.264 e. The van der Waals surface area contributed by atoms with Gasteiger partial charge in [0.25, 0.3) is 11.8 Å². The Morgan fingerprint density at radius 1 is 0.984 bits per heavy atom. The molecule has 0 aliphatic carbocycles. The van der Waals surface area contributed by atoms with Crippen LogP contribution in [0.1, 0.15) is 116 Å². The van der Waals surface area contributed by atoms with Crippen molar-refractivity contribution in [2.45, 2.75) is 95.7 Å². The normalized spacial score (nSPS) is 17.2. The number of anilines is 2. The molecule has 2 aromatic heterocycles. The Kier molecular flexibility index (Phi) is 15.3. The van der Waals surface area contributed by atoms with E-state index in [0.717, 1.165) is 78.9 Å². The number of unbranched alkanes of at least 4 members (excludes halogenated alkanes) is 4. The van der Waals surface area contributed by atoms with Crippen LogP contribution in [0, 0.1) is 5.82 Å². The number of fused-ring (bicyclic) bond motifs is 1. The van der Waals surface area contributed by atoms with Crippen LogP contribution in [0.25, 0.3) is 11.1 Å². The number of ether oxygens (including phenoxy) is 1. The molecule has 1 unspecified atom stereocenters. The van der Waals surface area contributed by atoms with E-state index in [4.69, 9.17) is 33.7 Å². The van der Waals surface area contributed by atoms with Crippen LogP contribution in [0.2, 0.25) is 10.0 Å². The van der Waals surface area contributed by atoms with Crippen molar-refractivity contribution < 1.29 is 33.1 Å². The molecule has 3 aliphatic heterocycles. The molecule has 0 saturated carbocycles. The Morgan fingerprint density at radius 2 is 1.75 bits per heavy atom. The van der Waals surface area contributed by atoms with Crippen molar-refractivity contribution in [1.82, 2.24) is 29.9 Å². The Balaban J connectivity index is 0.746. The summed E-state index contributed by atoms with van der Waals surface area (Å²) >= 11 is 14.4. The lowest BCUT2D eigenvalue weighted by Crippen LogP contribution is -2.54. The summed E-state index contributed by atoms with van der Waals surface area (Å²) in [7, 11) is 0. The topological polar surface area (TPSA) is 182 Å². The predicted molar refractivity (Wildman–Crippen MR) is 241 cm³/mol. The van der Waals surface area contributed by atoms with Gasteiger partial charge in [-0.25, -0.2) is 9.37 Å². The number of pyridine rings is 1. The second-order valence-electron chi connectivity index (χ2n) is 16.0. The molecule has 334 valence electrons. The van der Waals surface area contributed by atoms with Gasteiger partial charge in [-0.2, -0.15) is 16.9 Å². The summed E-state index contributed by atoms with van der Waals surface area (Å²) in [6.07, 6.45) is 13.0. The fourth-order valence-electron chi connectivity index (χ4n) is 8.25. The van der Waals surface area contributed by atoms with E-state index in [9.17, 15) is 28.4 Å². The molecule has 3 aliphatic rings. The molecule has 63 heavy (non-hydrogen) atoms. The van der Waals surface area contributed by atoms with Crippen molar-refractivity contribution >= 4 is 76.0 Å². The minimum Gasteiger partial charge on any atom is -0.482 e. The van der Waals surface area contributed by atoms with E-state index in [1.165, 1.54) is 12.1 Å². The summed E-state index contributed by atoms with van der Waals surface area (Å²) in [5, 5.41) is 10.3. The van der Waals surface area contributed by atoms with Gasteiger partial charge < -0.3 is 20.7 Å². The van der Waals surface area contributed by atoms with E-state index in [0.29, 0.717) is 43.1 Å². The van der Waals surface area contributed by atoms with Crippen molar-refractivity contribution in [1.29, 1.82) is 0 Å². The number of rotatable bonds is 19. The molecule has 7 rings (SSSR count). The lowest BCUT2D eigenvalue weighted by atomic mass is 10.0. The van der Waals surface area contributed by atoms with Gasteiger partial charge in [-0.05, 0) is 93.7 Å². The second-order valence-corrected chi connectivity index (χ2v) is 18.0. The van der Waals surface area contributed by atoms with Crippen LogP contribution < -0.4 is 21.1 Å². The number of likely N-dealkylation sites (tertiary alicyclic amines) is 1. The average molecular weight is 922 g/mol. The van der Waals surface area contributed by atoms with Gasteiger partial charge in [0.1, 0.15) is 18.0 Å². The Bertz CT molecular complexity index is 2360. The van der Waals surface area contributed by atoms with Crippen molar-refractivity contribution in [2.24, 2.45) is 0 Å². The maximum absolute atomic E-state index is 14.1. The van der Waals surface area contributed by atoms with E-state index in [2.05, 4.69) is 20.7 Å². The SMILES string of the molecule is C[C@@H](Oc1cc(-c2cnn(C3CCN(C(=O)CCCCCSCCCCCNc4cccc5c4C(=O)N(C4CCC(=O)NC4=O)C5=O)CC3)c2)cnc1N)c1c(Cl)ccc(F)c1Cl. The number of imide groups is 2. The van der Waals surface area contributed by atoms with Crippen LogP contribution in [0.15, 0.2) is 55.0 Å². The molecule has 2 saturated heterocycles. The summed E-state index contributed by atoms with van der Waals surface area (Å²) in [4.78, 5) is 70.6. The van der Waals surface area contributed by atoms with E-state index >= 15 is 0 Å². The van der Waals surface area contributed by atoms with Gasteiger partial charge >= 0.3 is 0 Å². The summed E-state index contributed by atoms with van der Waals surface area (Å²) in [5.41, 5.74) is 9.16. The Morgan fingerprint density at radius 3 is 2.51 bits per heavy atom. The molecular weight excluding hydrogens is 871 g/mol. The number of benzene rings is 2. The van der Waals surface area contributed by atoms with Crippen LogP contribution in [0.5, 0.6) is 5.75 Å². The van der Waals surface area contributed by atoms with Gasteiger partial charge in [-0.1, -0.05) is 42.1 Å². The number of nitrogens with two attached hydrogens (primary N) is 1. The quantitative estimate of drug-likeness (QED) is 0.0468. The fraction of sp³-hybridized carbons (Fsp3) is 0.444. The van der Waals surface area contributed by atoms with Crippen molar-refractivity contribution in [3.63, 3.8) is 0 Å². The monoisotopic (exact) mass is 920 g/mol. The van der Waals surface area contributed by atoms with Gasteiger partial charge in [-0.15, -0.1) is 0 Å². The van der Waals surface area contributed by atoms with Crippen molar-refractivity contribution in [2.75, 3.05) is 42.2 Å². The average Bonchev–Trinajstić information content (AvgIpc) is 3.86. The highest BCUT2D eigenvalue weighted by molar-refractivity contribution is 7.99. The number of carbonyl (C=O) groups excluding carboxylic acids is 5. The number of nitrogens with zero attached hydrogens (tertiary/aromatic N) is 5. The lowest BCUT2D eigenvalue weighted by Gasteiger charge is -2.32. The molecule has 18 heteroatoms. The molecule has 0 radical (unpaired) electrons. The number of amides is 5. The van der Waals surface area contributed by atoms with Gasteiger partial charge in [-0.3, -0.25) is 38.9 Å². The number of nitrogen functional groups attached to an aromatic ring is 1. The van der Waals surface area contributed by atoms with Crippen LogP contribution in [-0.2, 0) is 14.4 Å². The number of nitrogens with one attached hydrogen (secondary N) is 2. The second kappa shape index (κ2) is 21.0. The van der Waals surface area contributed by atoms with Gasteiger partial charge in [0.2, 0.25) is 17.7 Å². The van der Waals surface area contributed by atoms with E-state index in [1.807, 2.05) is 27.5 Å². The minimum absolute atomic E-state index is 0.0810. The standard InChI is InChI=1S/C45H51Cl2FN8O6S/c1-27(39-32(46)12-13-33(48)41(39)47)62-36-23-28(24-51-42(36)49)29-25-52-55(26-29)30-16-19-54(20-17-30)38(58)11-4-2-6-21-63-22-7-3-5-18-50-34-10-8-9-31-40(34)45(61)56(44(31)60)35-14-15-37(57)53-43(35)59/h8-10,12-13,23-27,30,35,50H,2-7,11,14-22H2,1H3,(H2,49,51)(H,53,57,59)/t27-,35?/m1/s1. The van der Waals surface area contributed by atoms with Crippen molar-refractivity contribution in [3.05, 3.63) is 87.5 Å². The minimum atomic E-state index is -0.987. The number of aromatic nitrogens is 3. The third kappa shape index (κ3) is 10.8. The molecule has 5 heterocycles. The predicted octanol–water partition coefficient (Wildman–Crippen LogP) is 8.25. The van der Waals surface area contributed by atoms with Crippen molar-refractivity contribution in [3.8, 4) is 16.9 Å². The number of piperidine rings is 2. The van der Waals surface area contributed by atoms with Gasteiger partial charge in [0.05, 0.1) is 28.4 Å². The van der Waals surface area contributed by atoms with Gasteiger partial charge in [0, 0.05) is 72.3 Å². The largest absolute Gasteiger partial charge is 0.482 e. The molecular formula is C45H51Cl2FN8O6S. The molecule has 14 nitrogen and oxygen atoms in total. The lowest BCUT2D eigenvalue weighted by molar-refractivity contribution is -0.136. The maximum atomic E-state index is 14.1. The Labute approximate surface area is 379 Å². The zero-order valence-electron chi connectivity index (χ0n) is 35.0. The molecule has 4 N–H and O–H groups in total. The fourth-order valence-corrected chi connectivity index (χ4v) is 9.95. The molecule has 4 aromatic rings. The van der Waals surface area contributed by atoms with E-state index in [-0.39, 0.29) is 51.8 Å². The third-order valence-corrected chi connectivity index (χ3v) is 13.6. The summed E-state index contributed by atoms with van der Waals surface area (Å²) in [6.45, 7) is 3.72. The number of carbonyl (C=O) groups is 5. The highest BCUT2D eigenvalue weighted by atomic mass is 35.5. The first kappa shape index (κ1) is 45.8. The van der Waals surface area contributed by atoms with Crippen LogP contribution >= 0.6 is 35.0 Å². The molecule has 2 aromatic carbocycles. The first-order valence-corrected chi connectivity index (χ1v) is 23.4. The number of hydrogen-bond donors (Lipinski definition) is 3. The number of halogens is 3. The first-order chi connectivity index (χ1) is 30.4. The van der Waals surface area contributed by atoms with E-state index in [1.54, 1.807) is 43.6 Å². The van der Waals surface area contributed by atoms with Gasteiger partial charge in [0.15, 0.2) is 11.6 Å². The van der Waals surface area contributed by atoms with Crippen LogP contribution in [0.3, 0.4) is 0 Å². The highest BCUT2D eigenvalue weighted by Gasteiger charge is 2.45. The molecule has 2 fully saturated rings.